The van der Waals surface area contributed by atoms with Crippen LogP contribution in [-0.2, 0) is 6.61 Å². The molecule has 0 aromatic heterocycles. The fourth-order valence-electron chi connectivity index (χ4n) is 1.03. The van der Waals surface area contributed by atoms with E-state index >= 15 is 0 Å². The molecule has 0 aliphatic rings. The van der Waals surface area contributed by atoms with Crippen molar-refractivity contribution in [3.05, 3.63) is 29.8 Å². The Balaban J connectivity index is 2.80. The maximum atomic E-state index is 8.71. The van der Waals surface area contributed by atoms with E-state index in [1.165, 1.54) is 5.46 Å². The number of aliphatic hydroxyl groups excluding tert-OH is 1. The standard InChI is InChI=1S/C8H12BO/c1-9-8-4-2-7(6-10)3-5-8/h2-5,10H,6,9H2,1H3/q-1. The Hall–Kier alpha value is -0.755. The summed E-state index contributed by atoms with van der Waals surface area (Å²) in [5, 5.41) is 8.71. The van der Waals surface area contributed by atoms with Gasteiger partial charge in [0.25, 0.3) is 0 Å². The van der Waals surface area contributed by atoms with Gasteiger partial charge in [-0.25, -0.2) is 5.46 Å². The zero-order chi connectivity index (χ0) is 7.40. The summed E-state index contributed by atoms with van der Waals surface area (Å²) in [5.41, 5.74) is 2.45. The van der Waals surface area contributed by atoms with E-state index in [0.717, 1.165) is 5.56 Å². The fraction of sp³-hybridized carbons (Fsp3) is 0.250. The third-order valence-corrected chi connectivity index (χ3v) is 1.88. The van der Waals surface area contributed by atoms with Crippen LogP contribution < -0.4 is 5.46 Å². The SMILES string of the molecule is C[BH2-]c1ccc(CO)cc1. The average Bonchev–Trinajstić information content (AvgIpc) is 2.05. The minimum Gasteiger partial charge on any atom is -0.392 e. The van der Waals surface area contributed by atoms with Crippen LogP contribution in [0.2, 0.25) is 6.82 Å². The highest BCUT2D eigenvalue weighted by Gasteiger charge is 1.85. The molecule has 1 rings (SSSR count). The molecule has 1 N–H and O–H groups in total. The van der Waals surface area contributed by atoms with E-state index in [1.807, 2.05) is 12.1 Å². The molecule has 54 valence electrons. The predicted octanol–water partition coefficient (Wildman–Crippen LogP) is 0.0211. The van der Waals surface area contributed by atoms with Crippen molar-refractivity contribution in [2.45, 2.75) is 13.4 Å². The van der Waals surface area contributed by atoms with E-state index in [4.69, 9.17) is 5.11 Å². The van der Waals surface area contributed by atoms with Crippen LogP contribution in [-0.4, -0.2) is 12.4 Å². The topological polar surface area (TPSA) is 20.2 Å². The first-order valence-electron chi connectivity index (χ1n) is 3.99. The molecule has 0 saturated carbocycles. The van der Waals surface area contributed by atoms with Crippen LogP contribution in [0.5, 0.6) is 0 Å². The first-order chi connectivity index (χ1) is 4.86. The number of rotatable bonds is 2. The first kappa shape index (κ1) is 7.35. The number of hydrogen-bond acceptors (Lipinski definition) is 1. The highest BCUT2D eigenvalue weighted by Crippen LogP contribution is 1.94. The summed E-state index contributed by atoms with van der Waals surface area (Å²) < 4.78 is 0. The van der Waals surface area contributed by atoms with Gasteiger partial charge in [-0.2, -0.15) is 6.82 Å². The van der Waals surface area contributed by atoms with Crippen molar-refractivity contribution >= 4 is 12.7 Å². The Morgan fingerprint density at radius 1 is 1.30 bits per heavy atom. The van der Waals surface area contributed by atoms with Crippen molar-refractivity contribution in [1.29, 1.82) is 0 Å². The van der Waals surface area contributed by atoms with Crippen molar-refractivity contribution in [2.75, 3.05) is 0 Å². The molecular formula is C8H12BO-. The van der Waals surface area contributed by atoms with E-state index in [1.54, 1.807) is 0 Å². The number of hydrogen-bond donors (Lipinski definition) is 1. The normalized spacial score (nSPS) is 9.80. The molecule has 1 nitrogen and oxygen atoms in total. The van der Waals surface area contributed by atoms with Gasteiger partial charge in [0.1, 0.15) is 0 Å². The number of aliphatic hydroxyl groups is 1. The van der Waals surface area contributed by atoms with Gasteiger partial charge >= 0.3 is 0 Å². The van der Waals surface area contributed by atoms with Crippen LogP contribution in [0.4, 0.5) is 0 Å². The van der Waals surface area contributed by atoms with E-state index in [0.29, 0.717) is 0 Å². The lowest BCUT2D eigenvalue weighted by molar-refractivity contribution is 0.282. The molecule has 0 fully saturated rings. The predicted molar refractivity (Wildman–Crippen MR) is 46.4 cm³/mol. The molecular weight excluding hydrogens is 123 g/mol. The van der Waals surface area contributed by atoms with Crippen LogP contribution in [0.1, 0.15) is 5.56 Å². The second kappa shape index (κ2) is 3.42. The van der Waals surface area contributed by atoms with E-state index in [9.17, 15) is 0 Å². The molecule has 0 aliphatic heterocycles. The maximum absolute atomic E-state index is 8.71. The van der Waals surface area contributed by atoms with Gasteiger partial charge in [0.15, 0.2) is 0 Å². The lowest BCUT2D eigenvalue weighted by Crippen LogP contribution is -2.09. The van der Waals surface area contributed by atoms with Gasteiger partial charge in [-0.05, 0) is 12.8 Å². The molecule has 1 aromatic carbocycles. The molecule has 10 heavy (non-hydrogen) atoms. The van der Waals surface area contributed by atoms with Crippen molar-refractivity contribution < 1.29 is 5.11 Å². The summed E-state index contributed by atoms with van der Waals surface area (Å²) in [6, 6.07) is 8.18. The lowest BCUT2D eigenvalue weighted by Gasteiger charge is -2.01. The Bertz CT molecular complexity index is 170. The monoisotopic (exact) mass is 135 g/mol. The minimum absolute atomic E-state index is 0.0935. The molecule has 0 unspecified atom stereocenters. The lowest BCUT2D eigenvalue weighted by atomic mass is 9.73. The van der Waals surface area contributed by atoms with E-state index in [-0.39, 0.29) is 13.9 Å². The molecule has 0 bridgehead atoms. The molecule has 0 radical (unpaired) electrons. The zero-order valence-corrected chi connectivity index (χ0v) is 6.46. The summed E-state index contributed by atoms with van der Waals surface area (Å²) >= 11 is 0. The minimum atomic E-state index is 0.0935. The molecule has 0 saturated heterocycles. The highest BCUT2D eigenvalue weighted by molar-refractivity contribution is 6.51. The van der Waals surface area contributed by atoms with Gasteiger partial charge in [-0.1, -0.05) is 24.3 Å². The second-order valence-corrected chi connectivity index (χ2v) is 2.64. The van der Waals surface area contributed by atoms with Crippen molar-refractivity contribution in [3.8, 4) is 0 Å². The molecule has 0 heterocycles. The summed E-state index contributed by atoms with van der Waals surface area (Å²) in [7, 11) is 0.0935. The molecule has 1 aromatic rings. The van der Waals surface area contributed by atoms with Gasteiger partial charge in [0, 0.05) is 0 Å². The third kappa shape index (κ3) is 1.61. The Morgan fingerprint density at radius 2 is 1.90 bits per heavy atom. The van der Waals surface area contributed by atoms with E-state index < -0.39 is 0 Å². The van der Waals surface area contributed by atoms with Crippen LogP contribution in [0, 0.1) is 0 Å². The molecule has 0 spiro atoms. The fourth-order valence-corrected chi connectivity index (χ4v) is 1.03. The van der Waals surface area contributed by atoms with Crippen molar-refractivity contribution in [3.63, 3.8) is 0 Å². The van der Waals surface area contributed by atoms with Crippen molar-refractivity contribution in [2.24, 2.45) is 0 Å². The third-order valence-electron chi connectivity index (χ3n) is 1.88. The van der Waals surface area contributed by atoms with Gasteiger partial charge in [0.2, 0.25) is 0 Å². The van der Waals surface area contributed by atoms with Crippen LogP contribution >= 0.6 is 0 Å². The highest BCUT2D eigenvalue weighted by atomic mass is 16.3. The van der Waals surface area contributed by atoms with Crippen LogP contribution in [0.25, 0.3) is 0 Å². The number of benzene rings is 1. The van der Waals surface area contributed by atoms with E-state index in [2.05, 4.69) is 19.0 Å². The van der Waals surface area contributed by atoms with Gasteiger partial charge < -0.3 is 5.11 Å². The van der Waals surface area contributed by atoms with Gasteiger partial charge in [-0.3, -0.25) is 0 Å². The largest absolute Gasteiger partial charge is 0.392 e. The van der Waals surface area contributed by atoms with Gasteiger partial charge in [-0.15, -0.1) is 0 Å². The average molecular weight is 135 g/mol. The smallest absolute Gasteiger partial charge is 0.0681 e. The molecule has 0 atom stereocenters. The summed E-state index contributed by atoms with van der Waals surface area (Å²) in [6.07, 6.45) is 0. The first-order valence-corrected chi connectivity index (χ1v) is 3.99. The molecule has 0 amide bonds. The Kier molecular flexibility index (Phi) is 2.52. The summed E-state index contributed by atoms with van der Waals surface area (Å²) in [4.78, 5) is 0. The Morgan fingerprint density at radius 3 is 2.30 bits per heavy atom. The quantitative estimate of drug-likeness (QED) is 0.567. The van der Waals surface area contributed by atoms with Crippen LogP contribution in [0.15, 0.2) is 24.3 Å². The molecule has 2 heteroatoms. The second-order valence-electron chi connectivity index (χ2n) is 2.64. The summed E-state index contributed by atoms with van der Waals surface area (Å²) in [6.45, 7) is 2.40. The van der Waals surface area contributed by atoms with Crippen LogP contribution in [0.3, 0.4) is 0 Å². The zero-order valence-electron chi connectivity index (χ0n) is 6.46. The summed E-state index contributed by atoms with van der Waals surface area (Å²) in [5.74, 6) is 0. The molecule has 0 aliphatic carbocycles. The van der Waals surface area contributed by atoms with Crippen molar-refractivity contribution in [1.82, 2.24) is 0 Å². The van der Waals surface area contributed by atoms with Gasteiger partial charge in [0.05, 0.1) is 6.61 Å². The Labute approximate surface area is 61.9 Å². The maximum Gasteiger partial charge on any atom is 0.0681 e.